The average Bonchev–Trinajstić information content (AvgIpc) is 3.60. The zero-order valence-corrected chi connectivity index (χ0v) is 19.7. The van der Waals surface area contributed by atoms with E-state index < -0.39 is 0 Å². The smallest absolute Gasteiger partial charge is 0.251 e. The molecule has 8 heteroatoms. The molecule has 1 fully saturated rings. The van der Waals surface area contributed by atoms with E-state index in [2.05, 4.69) is 15.2 Å². The first-order valence-corrected chi connectivity index (χ1v) is 12.1. The molecule has 0 bridgehead atoms. The number of pyridine rings is 1. The molecule has 0 amide bonds. The van der Waals surface area contributed by atoms with Crippen LogP contribution in [-0.4, -0.2) is 37.8 Å². The normalized spacial score (nSPS) is 13.1. The molecule has 0 spiro atoms. The van der Waals surface area contributed by atoms with E-state index in [1.165, 1.54) is 12.8 Å². The molecule has 1 aliphatic carbocycles. The van der Waals surface area contributed by atoms with E-state index in [0.29, 0.717) is 23.2 Å². The van der Waals surface area contributed by atoms with Crippen LogP contribution in [0, 0.1) is 5.92 Å². The zero-order valence-electron chi connectivity index (χ0n) is 19.7. The number of rotatable bonds is 9. The fourth-order valence-electron chi connectivity index (χ4n) is 4.13. The average molecular weight is 480 g/mol. The number of benzene rings is 2. The summed E-state index contributed by atoms with van der Waals surface area (Å²) in [6.45, 7) is 1.21. The maximum atomic E-state index is 13.4. The first kappa shape index (κ1) is 22.0. The molecule has 0 aliphatic heterocycles. The highest BCUT2D eigenvalue weighted by molar-refractivity contribution is 5.78. The second kappa shape index (κ2) is 9.65. The van der Waals surface area contributed by atoms with Crippen molar-refractivity contribution in [2.45, 2.75) is 19.4 Å². The molecule has 0 saturated heterocycles. The summed E-state index contributed by atoms with van der Waals surface area (Å²) in [4.78, 5) is 17.9. The molecule has 5 aromatic rings. The second-order valence-electron chi connectivity index (χ2n) is 8.84. The Hall–Kier alpha value is -4.46. The van der Waals surface area contributed by atoms with Crippen molar-refractivity contribution < 1.29 is 9.47 Å². The van der Waals surface area contributed by atoms with E-state index >= 15 is 0 Å². The number of ether oxygens (including phenoxy) is 2. The lowest BCUT2D eigenvalue weighted by atomic mass is 10.2. The third-order valence-corrected chi connectivity index (χ3v) is 6.13. The summed E-state index contributed by atoms with van der Waals surface area (Å²) < 4.78 is 15.2. The quantitative estimate of drug-likeness (QED) is 0.289. The van der Waals surface area contributed by atoms with Crippen molar-refractivity contribution in [1.29, 1.82) is 0 Å². The molecule has 1 aliphatic rings. The van der Waals surface area contributed by atoms with E-state index in [-0.39, 0.29) is 24.4 Å². The van der Waals surface area contributed by atoms with Gasteiger partial charge in [0.25, 0.3) is 5.43 Å². The van der Waals surface area contributed by atoms with Crippen molar-refractivity contribution in [1.82, 2.24) is 24.5 Å². The van der Waals surface area contributed by atoms with Gasteiger partial charge in [-0.2, -0.15) is 10.2 Å². The molecule has 0 atom stereocenters. The Morgan fingerprint density at radius 1 is 0.889 bits per heavy atom. The number of aromatic nitrogens is 5. The van der Waals surface area contributed by atoms with Gasteiger partial charge in [0.2, 0.25) is 5.88 Å². The highest BCUT2D eigenvalue weighted by Crippen LogP contribution is 2.31. The Labute approximate surface area is 207 Å². The number of hydrogen-bond acceptors (Lipinski definition) is 6. The predicted molar refractivity (Wildman–Crippen MR) is 137 cm³/mol. The Morgan fingerprint density at radius 2 is 1.69 bits per heavy atom. The van der Waals surface area contributed by atoms with Gasteiger partial charge in [-0.15, -0.1) is 0 Å². The zero-order chi connectivity index (χ0) is 24.3. The van der Waals surface area contributed by atoms with Gasteiger partial charge in [0.1, 0.15) is 13.2 Å². The van der Waals surface area contributed by atoms with Crippen molar-refractivity contribution in [3.05, 3.63) is 95.4 Å². The van der Waals surface area contributed by atoms with Gasteiger partial charge in [0, 0.05) is 18.0 Å². The van der Waals surface area contributed by atoms with Crippen LogP contribution in [0.1, 0.15) is 12.8 Å². The minimum Gasteiger partial charge on any atom is -0.484 e. The van der Waals surface area contributed by atoms with Gasteiger partial charge in [-0.1, -0.05) is 36.4 Å². The molecule has 36 heavy (non-hydrogen) atoms. The van der Waals surface area contributed by atoms with Crippen LogP contribution in [0.15, 0.2) is 90.0 Å². The van der Waals surface area contributed by atoms with Crippen molar-refractivity contribution >= 4 is 10.9 Å². The van der Waals surface area contributed by atoms with Crippen molar-refractivity contribution in [2.75, 3.05) is 13.2 Å². The first-order chi connectivity index (χ1) is 17.7. The monoisotopic (exact) mass is 479 g/mol. The molecule has 3 heterocycles. The van der Waals surface area contributed by atoms with E-state index in [4.69, 9.17) is 9.47 Å². The summed E-state index contributed by atoms with van der Waals surface area (Å²) in [5.74, 6) is 1.35. The molecule has 6 rings (SSSR count). The maximum Gasteiger partial charge on any atom is 0.251 e. The third-order valence-electron chi connectivity index (χ3n) is 6.13. The van der Waals surface area contributed by atoms with Gasteiger partial charge in [0.05, 0.1) is 29.3 Å². The van der Waals surface area contributed by atoms with Gasteiger partial charge in [-0.3, -0.25) is 9.48 Å². The minimum absolute atomic E-state index is 0.203. The number of fused-ring (bicyclic) bond motifs is 1. The molecule has 0 radical (unpaired) electrons. The third kappa shape index (κ3) is 4.70. The molecule has 0 unspecified atom stereocenters. The minimum atomic E-state index is -0.274. The standard InChI is InChI=1S/C28H25N5O3/c34-28-25(35-16-17-36-26-13-12-21-6-4-5-9-23(21)30-26)19-32(18-20-10-11-20)31-27(28)24-14-15-29-33(24)22-7-2-1-3-8-22/h1-9,12-15,19-20H,10-11,16-18H2. The van der Waals surface area contributed by atoms with Gasteiger partial charge in [0.15, 0.2) is 11.4 Å². The van der Waals surface area contributed by atoms with Crippen LogP contribution < -0.4 is 14.9 Å². The molecular weight excluding hydrogens is 454 g/mol. The van der Waals surface area contributed by atoms with Crippen LogP contribution in [0.4, 0.5) is 0 Å². The summed E-state index contributed by atoms with van der Waals surface area (Å²) in [5.41, 5.74) is 2.38. The van der Waals surface area contributed by atoms with Crippen LogP contribution >= 0.6 is 0 Å². The summed E-state index contributed by atoms with van der Waals surface area (Å²) in [7, 11) is 0. The number of hydrogen-bond donors (Lipinski definition) is 0. The van der Waals surface area contributed by atoms with Gasteiger partial charge in [-0.25, -0.2) is 9.67 Å². The summed E-state index contributed by atoms with van der Waals surface area (Å²) in [6.07, 6.45) is 5.72. The highest BCUT2D eigenvalue weighted by atomic mass is 16.5. The Bertz CT molecular complexity index is 1560. The number of para-hydroxylation sites is 2. The molecule has 3 aromatic heterocycles. The van der Waals surface area contributed by atoms with Crippen LogP contribution in [0.2, 0.25) is 0 Å². The van der Waals surface area contributed by atoms with Gasteiger partial charge >= 0.3 is 0 Å². The van der Waals surface area contributed by atoms with Gasteiger partial charge < -0.3 is 9.47 Å². The van der Waals surface area contributed by atoms with E-state index in [1.54, 1.807) is 23.1 Å². The SMILES string of the molecule is O=c1c(OCCOc2ccc3ccccc3n2)cn(CC2CC2)nc1-c1ccnn1-c1ccccc1. The molecule has 2 aromatic carbocycles. The predicted octanol–water partition coefficient (Wildman–Crippen LogP) is 4.51. The summed E-state index contributed by atoms with van der Waals surface area (Å²) in [6, 6.07) is 23.2. The highest BCUT2D eigenvalue weighted by Gasteiger charge is 2.24. The fraction of sp³-hybridized carbons (Fsp3) is 0.214. The lowest BCUT2D eigenvalue weighted by Crippen LogP contribution is -2.21. The Kier molecular flexibility index (Phi) is 5.91. The molecule has 1 saturated carbocycles. The lowest BCUT2D eigenvalue weighted by molar-refractivity contribution is 0.209. The van der Waals surface area contributed by atoms with Crippen molar-refractivity contribution in [3.63, 3.8) is 0 Å². The van der Waals surface area contributed by atoms with Gasteiger partial charge in [-0.05, 0) is 49.1 Å². The van der Waals surface area contributed by atoms with Crippen LogP contribution in [0.3, 0.4) is 0 Å². The molecule has 8 nitrogen and oxygen atoms in total. The van der Waals surface area contributed by atoms with Crippen molar-refractivity contribution in [2.24, 2.45) is 5.92 Å². The maximum absolute atomic E-state index is 13.4. The molecular formula is C28H25N5O3. The second-order valence-corrected chi connectivity index (χ2v) is 8.84. The molecule has 0 N–H and O–H groups in total. The first-order valence-electron chi connectivity index (χ1n) is 12.1. The largest absolute Gasteiger partial charge is 0.484 e. The van der Waals surface area contributed by atoms with Crippen LogP contribution in [-0.2, 0) is 6.54 Å². The van der Waals surface area contributed by atoms with Crippen LogP contribution in [0.25, 0.3) is 28.0 Å². The van der Waals surface area contributed by atoms with E-state index in [9.17, 15) is 4.79 Å². The number of nitrogens with zero attached hydrogens (tertiary/aromatic N) is 5. The molecule has 180 valence electrons. The summed E-state index contributed by atoms with van der Waals surface area (Å²) in [5, 5.41) is 10.1. The topological polar surface area (TPSA) is 84.1 Å². The fourth-order valence-corrected chi connectivity index (χ4v) is 4.13. The van der Waals surface area contributed by atoms with E-state index in [0.717, 1.165) is 23.1 Å². The summed E-state index contributed by atoms with van der Waals surface area (Å²) >= 11 is 0. The Balaban J connectivity index is 1.23. The van der Waals surface area contributed by atoms with Crippen LogP contribution in [0.5, 0.6) is 11.6 Å². The lowest BCUT2D eigenvalue weighted by Gasteiger charge is -2.13. The van der Waals surface area contributed by atoms with E-state index in [1.807, 2.05) is 71.4 Å². The Morgan fingerprint density at radius 3 is 2.56 bits per heavy atom. The van der Waals surface area contributed by atoms with Crippen molar-refractivity contribution in [3.8, 4) is 28.7 Å².